The van der Waals surface area contributed by atoms with E-state index in [2.05, 4.69) is 6.07 Å². The number of fused-ring (bicyclic) bond motifs is 1. The van der Waals surface area contributed by atoms with Gasteiger partial charge >= 0.3 is 5.97 Å². The van der Waals surface area contributed by atoms with Gasteiger partial charge in [0.1, 0.15) is 5.75 Å². The predicted molar refractivity (Wildman–Crippen MR) is 96.3 cm³/mol. The van der Waals surface area contributed by atoms with E-state index in [0.29, 0.717) is 17.4 Å². The Balaban J connectivity index is 1.44. The predicted octanol–water partition coefficient (Wildman–Crippen LogP) is 3.79. The molecule has 0 saturated heterocycles. The van der Waals surface area contributed by atoms with Gasteiger partial charge in [-0.1, -0.05) is 24.3 Å². The Labute approximate surface area is 152 Å². The van der Waals surface area contributed by atoms with Crippen molar-refractivity contribution in [3.63, 3.8) is 0 Å². The van der Waals surface area contributed by atoms with Gasteiger partial charge in [-0.3, -0.25) is 0 Å². The van der Waals surface area contributed by atoms with Crippen molar-refractivity contribution < 1.29 is 19.7 Å². The third-order valence-corrected chi connectivity index (χ3v) is 7.31. The lowest BCUT2D eigenvalue weighted by molar-refractivity contribution is -0.0237. The average Bonchev–Trinajstić information content (AvgIpc) is 3.07. The summed E-state index contributed by atoms with van der Waals surface area (Å²) in [5.41, 5.74) is 2.48. The molecule has 0 heterocycles. The number of methoxy groups -OCH3 is 1. The maximum atomic E-state index is 11.3. The summed E-state index contributed by atoms with van der Waals surface area (Å²) < 4.78 is 5.21. The Morgan fingerprint density at radius 3 is 2.65 bits per heavy atom. The summed E-state index contributed by atoms with van der Waals surface area (Å²) >= 11 is 0. The third-order valence-electron chi connectivity index (χ3n) is 7.31. The van der Waals surface area contributed by atoms with Crippen LogP contribution in [-0.2, 0) is 5.41 Å². The van der Waals surface area contributed by atoms with Crippen LogP contribution in [0.25, 0.3) is 0 Å². The third kappa shape index (κ3) is 1.80. The summed E-state index contributed by atoms with van der Waals surface area (Å²) in [5, 5.41) is 20.4. The van der Waals surface area contributed by atoms with Gasteiger partial charge in [0.25, 0.3) is 0 Å². The molecule has 5 atom stereocenters. The number of hydrogen-bond donors (Lipinski definition) is 2. The zero-order valence-corrected chi connectivity index (χ0v) is 14.7. The molecule has 134 valence electrons. The topological polar surface area (TPSA) is 66.8 Å². The maximum absolute atomic E-state index is 11.3. The summed E-state index contributed by atoms with van der Waals surface area (Å²) in [5.74, 6) is 0.935. The number of aliphatic hydroxyl groups is 1. The Kier molecular flexibility index (Phi) is 3.12. The highest BCUT2D eigenvalue weighted by Gasteiger charge is 2.86. The molecule has 0 amide bonds. The van der Waals surface area contributed by atoms with Crippen LogP contribution >= 0.6 is 0 Å². The molecular formula is C22H22O4. The lowest BCUT2D eigenvalue weighted by Crippen LogP contribution is -2.46. The van der Waals surface area contributed by atoms with Crippen LogP contribution in [0.2, 0.25) is 0 Å². The van der Waals surface area contributed by atoms with Crippen LogP contribution in [0.3, 0.4) is 0 Å². The number of aliphatic hydroxyl groups excluding tert-OH is 1. The molecule has 0 aliphatic heterocycles. The first-order chi connectivity index (χ1) is 12.5. The van der Waals surface area contributed by atoms with Crippen LogP contribution in [0.15, 0.2) is 48.5 Å². The van der Waals surface area contributed by atoms with E-state index in [-0.39, 0.29) is 10.8 Å². The molecule has 0 spiro atoms. The SMILES string of the molecule is COc1ccc(C(O)C23CC4(c5cccc(C(=O)O)c5)CCC2C43)cc1. The van der Waals surface area contributed by atoms with Crippen LogP contribution in [0.5, 0.6) is 5.75 Å². The van der Waals surface area contributed by atoms with E-state index in [4.69, 9.17) is 4.74 Å². The number of benzene rings is 2. The Hall–Kier alpha value is -2.33. The normalized spacial score (nSPS) is 34.5. The van der Waals surface area contributed by atoms with Crippen molar-refractivity contribution in [3.05, 3.63) is 65.2 Å². The van der Waals surface area contributed by atoms with Crippen LogP contribution in [-0.4, -0.2) is 23.3 Å². The average molecular weight is 350 g/mol. The molecule has 26 heavy (non-hydrogen) atoms. The summed E-state index contributed by atoms with van der Waals surface area (Å²) in [6.45, 7) is 0. The van der Waals surface area contributed by atoms with Gasteiger partial charge in [0, 0.05) is 5.41 Å². The van der Waals surface area contributed by atoms with Crippen molar-refractivity contribution in [1.82, 2.24) is 0 Å². The summed E-state index contributed by atoms with van der Waals surface area (Å²) in [7, 11) is 1.64. The van der Waals surface area contributed by atoms with E-state index in [0.717, 1.165) is 36.1 Å². The molecule has 3 aliphatic rings. The van der Waals surface area contributed by atoms with E-state index in [1.807, 2.05) is 36.4 Å². The van der Waals surface area contributed by atoms with E-state index < -0.39 is 12.1 Å². The number of rotatable bonds is 5. The van der Waals surface area contributed by atoms with Crippen LogP contribution in [0.1, 0.15) is 46.9 Å². The zero-order chi connectivity index (χ0) is 18.1. The molecule has 0 radical (unpaired) electrons. The molecular weight excluding hydrogens is 328 g/mol. The van der Waals surface area contributed by atoms with Crippen molar-refractivity contribution >= 4 is 5.97 Å². The van der Waals surface area contributed by atoms with Crippen molar-refractivity contribution in [2.24, 2.45) is 17.3 Å². The van der Waals surface area contributed by atoms with E-state index in [1.54, 1.807) is 13.2 Å². The summed E-state index contributed by atoms with van der Waals surface area (Å²) in [4.78, 5) is 11.3. The van der Waals surface area contributed by atoms with Crippen LogP contribution in [0.4, 0.5) is 0 Å². The first kappa shape index (κ1) is 15.9. The Bertz CT molecular complexity index is 889. The highest BCUT2D eigenvalue weighted by Crippen LogP contribution is 2.90. The quantitative estimate of drug-likeness (QED) is 0.861. The first-order valence-electron chi connectivity index (χ1n) is 9.19. The van der Waals surface area contributed by atoms with Crippen molar-refractivity contribution in [2.75, 3.05) is 7.11 Å². The molecule has 4 nitrogen and oxygen atoms in total. The number of ether oxygens (including phenoxy) is 1. The van der Waals surface area contributed by atoms with Gasteiger partial charge in [0.2, 0.25) is 0 Å². The van der Waals surface area contributed by atoms with Crippen molar-refractivity contribution in [1.29, 1.82) is 0 Å². The Morgan fingerprint density at radius 1 is 1.23 bits per heavy atom. The molecule has 0 aromatic heterocycles. The summed E-state index contributed by atoms with van der Waals surface area (Å²) in [6, 6.07) is 15.1. The number of carboxylic acids is 1. The van der Waals surface area contributed by atoms with Gasteiger partial charge in [-0.15, -0.1) is 0 Å². The fraction of sp³-hybridized carbons (Fsp3) is 0.409. The van der Waals surface area contributed by atoms with Crippen LogP contribution in [0, 0.1) is 17.3 Å². The molecule has 4 heteroatoms. The van der Waals surface area contributed by atoms with E-state index in [9.17, 15) is 15.0 Å². The van der Waals surface area contributed by atoms with Gasteiger partial charge < -0.3 is 14.9 Å². The fourth-order valence-electron chi connectivity index (χ4n) is 6.25. The molecule has 5 unspecified atom stereocenters. The largest absolute Gasteiger partial charge is 0.497 e. The minimum absolute atomic E-state index is 0.0218. The second-order valence-electron chi connectivity index (χ2n) is 8.13. The monoisotopic (exact) mass is 350 g/mol. The second-order valence-corrected chi connectivity index (χ2v) is 8.13. The molecule has 3 fully saturated rings. The van der Waals surface area contributed by atoms with Crippen molar-refractivity contribution in [2.45, 2.75) is 30.8 Å². The lowest BCUT2D eigenvalue weighted by Gasteiger charge is -2.50. The minimum Gasteiger partial charge on any atom is -0.497 e. The zero-order valence-electron chi connectivity index (χ0n) is 14.7. The minimum atomic E-state index is -0.877. The molecule has 2 aromatic carbocycles. The highest BCUT2D eigenvalue weighted by atomic mass is 16.5. The smallest absolute Gasteiger partial charge is 0.335 e. The second kappa shape index (κ2) is 5.10. The molecule has 2 N–H and O–H groups in total. The molecule has 5 rings (SSSR count). The van der Waals surface area contributed by atoms with E-state index >= 15 is 0 Å². The Morgan fingerprint density at radius 2 is 2.00 bits per heavy atom. The number of carboxylic acid groups (broad SMARTS) is 1. The first-order valence-corrected chi connectivity index (χ1v) is 9.19. The molecule has 3 saturated carbocycles. The van der Waals surface area contributed by atoms with Gasteiger partial charge in [-0.2, -0.15) is 0 Å². The van der Waals surface area contributed by atoms with Gasteiger partial charge in [-0.25, -0.2) is 4.79 Å². The molecule has 0 bridgehead atoms. The molecule has 3 aliphatic carbocycles. The lowest BCUT2D eigenvalue weighted by atomic mass is 9.54. The molecule has 2 aromatic rings. The van der Waals surface area contributed by atoms with Gasteiger partial charge in [0.15, 0.2) is 0 Å². The van der Waals surface area contributed by atoms with Crippen LogP contribution < -0.4 is 4.74 Å². The number of aromatic carboxylic acids is 1. The maximum Gasteiger partial charge on any atom is 0.335 e. The number of carbonyl (C=O) groups is 1. The van der Waals surface area contributed by atoms with Gasteiger partial charge in [-0.05, 0) is 71.9 Å². The van der Waals surface area contributed by atoms with Gasteiger partial charge in [0.05, 0.1) is 18.8 Å². The van der Waals surface area contributed by atoms with E-state index in [1.165, 1.54) is 0 Å². The standard InChI is InChI=1S/C22H22O4/c1-26-16-7-5-13(6-8-16)19(23)22-12-21(10-9-17(22)18(21)22)15-4-2-3-14(11-15)20(24)25/h2-8,11,17-19,23H,9-10,12H2,1H3,(H,24,25). The number of hydrogen-bond acceptors (Lipinski definition) is 3. The summed E-state index contributed by atoms with van der Waals surface area (Å²) in [6.07, 6.45) is 2.71. The fourth-order valence-corrected chi connectivity index (χ4v) is 6.25. The highest BCUT2D eigenvalue weighted by molar-refractivity contribution is 5.87. The van der Waals surface area contributed by atoms with Crippen molar-refractivity contribution in [3.8, 4) is 5.75 Å².